The molecular formula is C13H17FO2. The summed E-state index contributed by atoms with van der Waals surface area (Å²) in [5, 5.41) is 9.89. The van der Waals surface area contributed by atoms with Crippen molar-refractivity contribution in [2.24, 2.45) is 0 Å². The summed E-state index contributed by atoms with van der Waals surface area (Å²) in [7, 11) is 1.40. The summed E-state index contributed by atoms with van der Waals surface area (Å²) in [5.41, 5.74) is 1.61. The minimum absolute atomic E-state index is 0.152. The van der Waals surface area contributed by atoms with Gasteiger partial charge < -0.3 is 9.84 Å². The number of halogens is 1. The van der Waals surface area contributed by atoms with Gasteiger partial charge in [0.25, 0.3) is 0 Å². The van der Waals surface area contributed by atoms with Crippen LogP contribution in [0.3, 0.4) is 0 Å². The second-order valence-electron chi connectivity index (χ2n) is 3.72. The van der Waals surface area contributed by atoms with Crippen LogP contribution in [0.2, 0.25) is 0 Å². The first-order valence-corrected chi connectivity index (χ1v) is 5.26. The molecule has 88 valence electrons. The summed E-state index contributed by atoms with van der Waals surface area (Å²) in [5.74, 6) is -0.272. The van der Waals surface area contributed by atoms with Crippen molar-refractivity contribution >= 4 is 0 Å². The van der Waals surface area contributed by atoms with Crippen LogP contribution in [0.5, 0.6) is 5.75 Å². The van der Waals surface area contributed by atoms with Gasteiger partial charge in [0.2, 0.25) is 0 Å². The maximum Gasteiger partial charge on any atom is 0.165 e. The van der Waals surface area contributed by atoms with Crippen LogP contribution in [0, 0.1) is 5.82 Å². The van der Waals surface area contributed by atoms with Gasteiger partial charge in [-0.3, -0.25) is 0 Å². The molecule has 0 aromatic heterocycles. The highest BCUT2D eigenvalue weighted by Crippen LogP contribution is 2.26. The lowest BCUT2D eigenvalue weighted by Crippen LogP contribution is -2.00. The maximum atomic E-state index is 13.1. The minimum atomic E-state index is -0.651. The van der Waals surface area contributed by atoms with Gasteiger partial charge in [-0.05, 0) is 30.5 Å². The zero-order valence-electron chi connectivity index (χ0n) is 9.66. The van der Waals surface area contributed by atoms with Crippen LogP contribution in [-0.4, -0.2) is 12.2 Å². The Morgan fingerprint density at radius 3 is 2.81 bits per heavy atom. The average molecular weight is 224 g/mol. The number of benzene rings is 1. The van der Waals surface area contributed by atoms with E-state index in [1.165, 1.54) is 19.2 Å². The van der Waals surface area contributed by atoms with Crippen LogP contribution in [-0.2, 0) is 0 Å². The monoisotopic (exact) mass is 224 g/mol. The standard InChI is InChI=1S/C13H17FO2/c1-4-9(2)7-12(15)10-5-6-11(14)13(8-10)16-3/h5-6,8,12,15H,2,4,7H2,1,3H3. The van der Waals surface area contributed by atoms with Crippen LogP contribution >= 0.6 is 0 Å². The van der Waals surface area contributed by atoms with Gasteiger partial charge in [0, 0.05) is 0 Å². The number of hydrogen-bond donors (Lipinski definition) is 1. The summed E-state index contributed by atoms with van der Waals surface area (Å²) in [6.07, 6.45) is 0.669. The number of aliphatic hydroxyl groups excluding tert-OH is 1. The lowest BCUT2D eigenvalue weighted by atomic mass is 10.0. The predicted molar refractivity (Wildman–Crippen MR) is 62.0 cm³/mol. The van der Waals surface area contributed by atoms with E-state index in [9.17, 15) is 9.50 Å². The van der Waals surface area contributed by atoms with E-state index in [1.54, 1.807) is 6.07 Å². The lowest BCUT2D eigenvalue weighted by Gasteiger charge is -2.13. The fraction of sp³-hybridized carbons (Fsp3) is 0.385. The Morgan fingerprint density at radius 2 is 2.25 bits per heavy atom. The number of rotatable bonds is 5. The van der Waals surface area contributed by atoms with Gasteiger partial charge in [-0.15, -0.1) is 0 Å². The van der Waals surface area contributed by atoms with E-state index in [1.807, 2.05) is 6.92 Å². The summed E-state index contributed by atoms with van der Waals surface area (Å²) >= 11 is 0. The lowest BCUT2D eigenvalue weighted by molar-refractivity contribution is 0.177. The van der Waals surface area contributed by atoms with E-state index < -0.39 is 11.9 Å². The minimum Gasteiger partial charge on any atom is -0.494 e. The average Bonchev–Trinajstić information content (AvgIpc) is 2.29. The SMILES string of the molecule is C=C(CC)CC(O)c1ccc(F)c(OC)c1. The second kappa shape index (κ2) is 5.66. The molecule has 1 N–H and O–H groups in total. The maximum absolute atomic E-state index is 13.1. The number of methoxy groups -OCH3 is 1. The third-order valence-electron chi connectivity index (χ3n) is 2.54. The Labute approximate surface area is 95.4 Å². The summed E-state index contributed by atoms with van der Waals surface area (Å²) in [4.78, 5) is 0. The van der Waals surface area contributed by atoms with E-state index in [2.05, 4.69) is 6.58 Å². The Balaban J connectivity index is 2.83. The molecule has 1 atom stereocenters. The van der Waals surface area contributed by atoms with Crippen molar-refractivity contribution in [3.05, 3.63) is 41.7 Å². The van der Waals surface area contributed by atoms with Gasteiger partial charge in [-0.1, -0.05) is 25.1 Å². The first-order chi connectivity index (χ1) is 7.58. The molecule has 0 aliphatic rings. The summed E-state index contributed by atoms with van der Waals surface area (Å²) in [6.45, 7) is 5.82. The largest absolute Gasteiger partial charge is 0.494 e. The molecule has 0 spiro atoms. The summed E-state index contributed by atoms with van der Waals surface area (Å²) in [6, 6.07) is 4.38. The Hall–Kier alpha value is -1.35. The molecule has 0 bridgehead atoms. The molecule has 0 heterocycles. The van der Waals surface area contributed by atoms with Gasteiger partial charge >= 0.3 is 0 Å². The molecule has 0 fully saturated rings. The molecule has 0 amide bonds. The van der Waals surface area contributed by atoms with Crippen LogP contribution < -0.4 is 4.74 Å². The normalized spacial score (nSPS) is 12.2. The molecule has 0 saturated heterocycles. The molecule has 2 nitrogen and oxygen atoms in total. The number of hydrogen-bond acceptors (Lipinski definition) is 2. The first-order valence-electron chi connectivity index (χ1n) is 5.26. The van der Waals surface area contributed by atoms with Crippen LogP contribution in [0.4, 0.5) is 4.39 Å². The highest BCUT2D eigenvalue weighted by Gasteiger charge is 2.11. The van der Waals surface area contributed by atoms with E-state index in [-0.39, 0.29) is 5.75 Å². The molecule has 0 aliphatic heterocycles. The fourth-order valence-electron chi connectivity index (χ4n) is 1.42. The van der Waals surface area contributed by atoms with Crippen LogP contribution in [0.15, 0.2) is 30.4 Å². The topological polar surface area (TPSA) is 29.5 Å². The molecule has 0 saturated carbocycles. The Morgan fingerprint density at radius 1 is 1.56 bits per heavy atom. The van der Waals surface area contributed by atoms with E-state index in [0.717, 1.165) is 12.0 Å². The first kappa shape index (κ1) is 12.7. The van der Waals surface area contributed by atoms with Gasteiger partial charge in [0.15, 0.2) is 11.6 Å². The predicted octanol–water partition coefficient (Wildman–Crippen LogP) is 3.22. The van der Waals surface area contributed by atoms with E-state index >= 15 is 0 Å². The highest BCUT2D eigenvalue weighted by atomic mass is 19.1. The third-order valence-corrected chi connectivity index (χ3v) is 2.54. The van der Waals surface area contributed by atoms with E-state index in [4.69, 9.17) is 4.74 Å². The smallest absolute Gasteiger partial charge is 0.165 e. The molecule has 3 heteroatoms. The quantitative estimate of drug-likeness (QED) is 0.778. The number of aliphatic hydroxyl groups is 1. The van der Waals surface area contributed by atoms with Gasteiger partial charge in [0.05, 0.1) is 13.2 Å². The van der Waals surface area contributed by atoms with Crippen molar-refractivity contribution in [1.29, 1.82) is 0 Å². The Kier molecular flexibility index (Phi) is 4.50. The molecule has 1 rings (SSSR count). The van der Waals surface area contributed by atoms with Crippen molar-refractivity contribution < 1.29 is 14.2 Å². The van der Waals surface area contributed by atoms with E-state index in [0.29, 0.717) is 12.0 Å². The van der Waals surface area contributed by atoms with Gasteiger partial charge in [-0.2, -0.15) is 0 Å². The fourth-order valence-corrected chi connectivity index (χ4v) is 1.42. The van der Waals surface area contributed by atoms with Crippen molar-refractivity contribution in [3.63, 3.8) is 0 Å². The van der Waals surface area contributed by atoms with Crippen molar-refractivity contribution in [2.45, 2.75) is 25.9 Å². The van der Waals surface area contributed by atoms with Gasteiger partial charge in [-0.25, -0.2) is 4.39 Å². The highest BCUT2D eigenvalue weighted by molar-refractivity contribution is 5.32. The summed E-state index contributed by atoms with van der Waals surface area (Å²) < 4.78 is 18.0. The second-order valence-corrected chi connectivity index (χ2v) is 3.72. The van der Waals surface area contributed by atoms with Crippen molar-refractivity contribution in [2.75, 3.05) is 7.11 Å². The molecule has 1 aromatic carbocycles. The molecule has 0 aliphatic carbocycles. The van der Waals surface area contributed by atoms with Crippen molar-refractivity contribution in [1.82, 2.24) is 0 Å². The number of ether oxygens (including phenoxy) is 1. The zero-order chi connectivity index (χ0) is 12.1. The van der Waals surface area contributed by atoms with Crippen molar-refractivity contribution in [3.8, 4) is 5.75 Å². The molecule has 16 heavy (non-hydrogen) atoms. The Bertz CT molecular complexity index is 374. The van der Waals surface area contributed by atoms with Crippen LogP contribution in [0.1, 0.15) is 31.4 Å². The molecular weight excluding hydrogens is 207 g/mol. The molecule has 0 radical (unpaired) electrons. The molecule has 1 unspecified atom stereocenters. The van der Waals surface area contributed by atoms with Gasteiger partial charge in [0.1, 0.15) is 0 Å². The zero-order valence-corrected chi connectivity index (χ0v) is 9.66. The van der Waals surface area contributed by atoms with Crippen LogP contribution in [0.25, 0.3) is 0 Å². The molecule has 1 aromatic rings. The third kappa shape index (κ3) is 3.07.